The fourth-order valence-corrected chi connectivity index (χ4v) is 2.46. The first kappa shape index (κ1) is 16.1. The van der Waals surface area contributed by atoms with Gasteiger partial charge in [-0.1, -0.05) is 29.8 Å². The van der Waals surface area contributed by atoms with Gasteiger partial charge >= 0.3 is 0 Å². The van der Waals surface area contributed by atoms with E-state index in [1.807, 2.05) is 31.2 Å². The van der Waals surface area contributed by atoms with E-state index in [4.69, 9.17) is 20.8 Å². The Morgan fingerprint density at radius 3 is 2.88 bits per heavy atom. The van der Waals surface area contributed by atoms with Crippen molar-refractivity contribution in [2.45, 2.75) is 6.92 Å². The summed E-state index contributed by atoms with van der Waals surface area (Å²) in [6.45, 7) is 1.89. The van der Waals surface area contributed by atoms with E-state index in [1.165, 1.54) is 6.39 Å². The number of benzene rings is 2. The molecule has 0 atom stereocenters. The number of anilines is 1. The molecular weight excluding hydrogens is 328 g/mol. The van der Waals surface area contributed by atoms with Crippen LogP contribution in [0.3, 0.4) is 0 Å². The number of amides is 1. The third-order valence-electron chi connectivity index (χ3n) is 3.56. The first-order chi connectivity index (χ1) is 11.6. The smallest absolute Gasteiger partial charge is 0.278 e. The van der Waals surface area contributed by atoms with E-state index in [9.17, 15) is 4.79 Å². The van der Waals surface area contributed by atoms with Crippen LogP contribution >= 0.6 is 11.6 Å². The number of nitrogens with zero attached hydrogens (tertiary/aromatic N) is 1. The van der Waals surface area contributed by atoms with Gasteiger partial charge in [0.15, 0.2) is 17.8 Å². The number of methoxy groups -OCH3 is 1. The molecule has 0 unspecified atom stereocenters. The second-order valence-corrected chi connectivity index (χ2v) is 5.61. The highest BCUT2D eigenvalue weighted by atomic mass is 35.5. The molecule has 0 aliphatic carbocycles. The summed E-state index contributed by atoms with van der Waals surface area (Å²) in [4.78, 5) is 16.6. The van der Waals surface area contributed by atoms with E-state index in [2.05, 4.69) is 10.3 Å². The van der Waals surface area contributed by atoms with Gasteiger partial charge in [0.25, 0.3) is 5.91 Å². The van der Waals surface area contributed by atoms with Crippen LogP contribution in [0.25, 0.3) is 11.3 Å². The Hall–Kier alpha value is -2.79. The van der Waals surface area contributed by atoms with Gasteiger partial charge in [-0.25, -0.2) is 4.98 Å². The summed E-state index contributed by atoms with van der Waals surface area (Å²) >= 11 is 5.99. The second kappa shape index (κ2) is 6.76. The van der Waals surface area contributed by atoms with Crippen molar-refractivity contribution in [2.75, 3.05) is 12.4 Å². The summed E-state index contributed by atoms with van der Waals surface area (Å²) in [5, 5.41) is 3.36. The number of nitrogens with one attached hydrogen (secondary N) is 1. The van der Waals surface area contributed by atoms with E-state index >= 15 is 0 Å². The van der Waals surface area contributed by atoms with Crippen LogP contribution in [-0.4, -0.2) is 18.0 Å². The normalized spacial score (nSPS) is 10.5. The lowest BCUT2D eigenvalue weighted by atomic mass is 10.1. The van der Waals surface area contributed by atoms with Crippen LogP contribution in [0.5, 0.6) is 5.75 Å². The van der Waals surface area contributed by atoms with Crippen molar-refractivity contribution < 1.29 is 13.9 Å². The van der Waals surface area contributed by atoms with Gasteiger partial charge in [0.05, 0.1) is 7.11 Å². The first-order valence-corrected chi connectivity index (χ1v) is 7.61. The Morgan fingerprint density at radius 1 is 1.25 bits per heavy atom. The van der Waals surface area contributed by atoms with Gasteiger partial charge in [-0.3, -0.25) is 4.79 Å². The number of aryl methyl sites for hydroxylation is 1. The van der Waals surface area contributed by atoms with Gasteiger partial charge in [0, 0.05) is 16.3 Å². The van der Waals surface area contributed by atoms with E-state index in [0.717, 1.165) is 5.56 Å². The minimum atomic E-state index is -0.369. The largest absolute Gasteiger partial charge is 0.497 e. The van der Waals surface area contributed by atoms with Crippen molar-refractivity contribution in [3.63, 3.8) is 0 Å². The minimum absolute atomic E-state index is 0.197. The summed E-state index contributed by atoms with van der Waals surface area (Å²) in [5.41, 5.74) is 2.44. The molecule has 0 fully saturated rings. The summed E-state index contributed by atoms with van der Waals surface area (Å²) in [7, 11) is 1.58. The summed E-state index contributed by atoms with van der Waals surface area (Å²) in [6.07, 6.45) is 1.24. The Labute approximate surface area is 144 Å². The second-order valence-electron chi connectivity index (χ2n) is 5.18. The van der Waals surface area contributed by atoms with Gasteiger partial charge in [0.1, 0.15) is 5.75 Å². The van der Waals surface area contributed by atoms with Crippen LogP contribution in [-0.2, 0) is 0 Å². The molecule has 5 nitrogen and oxygen atoms in total. The highest BCUT2D eigenvalue weighted by Crippen LogP contribution is 2.28. The van der Waals surface area contributed by atoms with Gasteiger partial charge in [-0.15, -0.1) is 0 Å². The predicted molar refractivity (Wildman–Crippen MR) is 92.6 cm³/mol. The van der Waals surface area contributed by atoms with Crippen molar-refractivity contribution in [3.05, 3.63) is 65.1 Å². The molecule has 1 amide bonds. The number of ether oxygens (including phenoxy) is 1. The summed E-state index contributed by atoms with van der Waals surface area (Å²) in [6, 6.07) is 12.5. The fraction of sp³-hybridized carbons (Fsp3) is 0.111. The van der Waals surface area contributed by atoms with Crippen molar-refractivity contribution in [1.29, 1.82) is 0 Å². The maximum Gasteiger partial charge on any atom is 0.278 e. The average Bonchev–Trinajstić information content (AvgIpc) is 3.08. The Morgan fingerprint density at radius 2 is 2.08 bits per heavy atom. The van der Waals surface area contributed by atoms with Crippen LogP contribution in [0.15, 0.2) is 53.3 Å². The molecule has 1 heterocycles. The van der Waals surface area contributed by atoms with Crippen LogP contribution in [0.4, 0.5) is 5.69 Å². The number of hydrogen-bond acceptors (Lipinski definition) is 4. The molecule has 0 aliphatic heterocycles. The lowest BCUT2D eigenvalue weighted by Gasteiger charge is -2.08. The molecule has 6 heteroatoms. The zero-order chi connectivity index (χ0) is 17.1. The molecule has 0 saturated heterocycles. The van der Waals surface area contributed by atoms with E-state index in [1.54, 1.807) is 25.3 Å². The monoisotopic (exact) mass is 342 g/mol. The average molecular weight is 343 g/mol. The van der Waals surface area contributed by atoms with E-state index < -0.39 is 0 Å². The van der Waals surface area contributed by atoms with Gasteiger partial charge in [0.2, 0.25) is 0 Å². The van der Waals surface area contributed by atoms with Gasteiger partial charge < -0.3 is 14.5 Å². The lowest BCUT2D eigenvalue weighted by Crippen LogP contribution is -2.14. The van der Waals surface area contributed by atoms with Crippen molar-refractivity contribution >= 4 is 23.2 Å². The molecule has 0 saturated carbocycles. The molecule has 24 heavy (non-hydrogen) atoms. The lowest BCUT2D eigenvalue weighted by molar-refractivity contribution is 0.102. The maximum absolute atomic E-state index is 12.6. The summed E-state index contributed by atoms with van der Waals surface area (Å²) < 4.78 is 10.6. The molecule has 1 aromatic heterocycles. The van der Waals surface area contributed by atoms with Crippen LogP contribution in [0.2, 0.25) is 5.02 Å². The van der Waals surface area contributed by atoms with Crippen molar-refractivity contribution in [1.82, 2.24) is 4.98 Å². The molecule has 3 rings (SSSR count). The zero-order valence-corrected chi connectivity index (χ0v) is 13.9. The molecule has 0 spiro atoms. The fourth-order valence-electron chi connectivity index (χ4n) is 2.29. The zero-order valence-electron chi connectivity index (χ0n) is 13.2. The highest BCUT2D eigenvalue weighted by Gasteiger charge is 2.19. The predicted octanol–water partition coefficient (Wildman–Crippen LogP) is 4.56. The van der Waals surface area contributed by atoms with Crippen molar-refractivity contribution in [3.8, 4) is 17.1 Å². The molecule has 1 N–H and O–H groups in total. The van der Waals surface area contributed by atoms with Gasteiger partial charge in [-0.05, 0) is 36.8 Å². The first-order valence-electron chi connectivity index (χ1n) is 7.24. The third-order valence-corrected chi connectivity index (χ3v) is 3.80. The number of hydrogen-bond donors (Lipinski definition) is 1. The number of carbonyl (C=O) groups excluding carboxylic acids is 1. The Balaban J connectivity index is 1.92. The van der Waals surface area contributed by atoms with Crippen LogP contribution in [0.1, 0.15) is 16.1 Å². The van der Waals surface area contributed by atoms with Gasteiger partial charge in [-0.2, -0.15) is 0 Å². The maximum atomic E-state index is 12.6. The standard InChI is InChI=1S/C18H15ClN2O3/c1-11-6-7-13(19)9-15(11)21-18(22)16-17(24-10-20-16)12-4-3-5-14(8-12)23-2/h3-10H,1-2H3,(H,21,22). The molecule has 2 aromatic carbocycles. The number of halogens is 1. The molecular formula is C18H15ClN2O3. The highest BCUT2D eigenvalue weighted by molar-refractivity contribution is 6.31. The molecule has 0 radical (unpaired) electrons. The number of oxazole rings is 1. The number of aromatic nitrogens is 1. The quantitative estimate of drug-likeness (QED) is 0.754. The molecule has 3 aromatic rings. The van der Waals surface area contributed by atoms with Crippen LogP contribution in [0, 0.1) is 6.92 Å². The van der Waals surface area contributed by atoms with Crippen LogP contribution < -0.4 is 10.1 Å². The molecule has 0 aliphatic rings. The van der Waals surface area contributed by atoms with Crippen molar-refractivity contribution in [2.24, 2.45) is 0 Å². The Bertz CT molecular complexity index is 889. The van der Waals surface area contributed by atoms with E-state index in [-0.39, 0.29) is 11.6 Å². The summed E-state index contributed by atoms with van der Waals surface area (Å²) in [5.74, 6) is 0.680. The number of carbonyl (C=O) groups is 1. The SMILES string of the molecule is COc1cccc(-c2ocnc2C(=O)Nc2cc(Cl)ccc2C)c1. The topological polar surface area (TPSA) is 64.4 Å². The number of rotatable bonds is 4. The molecule has 122 valence electrons. The van der Waals surface area contributed by atoms with E-state index in [0.29, 0.717) is 27.8 Å². The molecule has 0 bridgehead atoms. The minimum Gasteiger partial charge on any atom is -0.497 e. The Kier molecular flexibility index (Phi) is 4.53. The third kappa shape index (κ3) is 3.26.